The predicted molar refractivity (Wildman–Crippen MR) is 155 cm³/mol. The number of ether oxygens (including phenoxy) is 1. The zero-order valence-electron chi connectivity index (χ0n) is 23.4. The van der Waals surface area contributed by atoms with Crippen LogP contribution < -0.4 is 11.1 Å². The summed E-state index contributed by atoms with van der Waals surface area (Å²) in [4.78, 5) is 22.1. The van der Waals surface area contributed by atoms with Gasteiger partial charge in [0.15, 0.2) is 0 Å². The summed E-state index contributed by atoms with van der Waals surface area (Å²) in [7, 11) is 0. The number of nitrogens with one attached hydrogen (secondary N) is 1. The average Bonchev–Trinajstić information content (AvgIpc) is 3.53. The molecule has 0 aromatic heterocycles. The molecule has 0 radical (unpaired) electrons. The van der Waals surface area contributed by atoms with Crippen molar-refractivity contribution < 1.29 is 14.6 Å². The third-order valence-electron chi connectivity index (χ3n) is 9.27. The Hall–Kier alpha value is -2.52. The molecular weight excluding hydrogens is 490 g/mol. The van der Waals surface area contributed by atoms with Gasteiger partial charge in [-0.05, 0) is 93.9 Å². The summed E-state index contributed by atoms with van der Waals surface area (Å²) in [5.74, 6) is 0.649. The van der Waals surface area contributed by atoms with Gasteiger partial charge in [0.2, 0.25) is 0 Å². The minimum Gasteiger partial charge on any atom is -0.393 e. The van der Waals surface area contributed by atoms with Crippen LogP contribution in [0.4, 0.5) is 0 Å². The first-order chi connectivity index (χ1) is 18.9. The Bertz CT molecular complexity index is 1090. The first kappa shape index (κ1) is 28.0. The van der Waals surface area contributed by atoms with E-state index in [0.717, 1.165) is 62.7 Å². The number of aliphatic hydroxyl groups excluding tert-OH is 1. The maximum Gasteiger partial charge on any atom is 0.255 e. The molecule has 1 amide bonds. The molecule has 212 valence electrons. The molecule has 1 aromatic rings. The molecule has 2 saturated heterocycles. The highest BCUT2D eigenvalue weighted by atomic mass is 16.5. The van der Waals surface area contributed by atoms with E-state index in [4.69, 9.17) is 10.5 Å². The largest absolute Gasteiger partial charge is 0.393 e. The summed E-state index contributed by atoms with van der Waals surface area (Å²) < 4.78 is 5.47. The number of nitrogens with zero attached hydrogens (tertiary/aromatic N) is 3. The molecule has 4 fully saturated rings. The molecule has 4 aliphatic rings. The van der Waals surface area contributed by atoms with Crippen LogP contribution >= 0.6 is 0 Å². The predicted octanol–water partition coefficient (Wildman–Crippen LogP) is 2.68. The van der Waals surface area contributed by atoms with Crippen LogP contribution in [-0.4, -0.2) is 92.2 Å². The second kappa shape index (κ2) is 12.3. The van der Waals surface area contributed by atoms with E-state index in [1.54, 1.807) is 0 Å². The average molecular weight is 536 g/mol. The third kappa shape index (κ3) is 6.62. The van der Waals surface area contributed by atoms with Crippen molar-refractivity contribution in [3.05, 3.63) is 52.9 Å². The van der Waals surface area contributed by atoms with E-state index in [1.165, 1.54) is 38.0 Å². The summed E-state index contributed by atoms with van der Waals surface area (Å²) in [6, 6.07) is 8.92. The maximum atomic E-state index is 13.1. The van der Waals surface area contributed by atoms with Crippen LogP contribution in [0.5, 0.6) is 0 Å². The molecular formula is C31H45N5O3. The molecule has 2 saturated carbocycles. The SMILES string of the molecule is C=N/C(N)=C(\C=C(/C)c1ccc([C@]23C[C@H]2CN(CCCN2CCOCC2)C3)cc1)C(=O)N[C@H]1CC[C@H](O)CC1. The fourth-order valence-electron chi connectivity index (χ4n) is 6.74. The van der Waals surface area contributed by atoms with Gasteiger partial charge in [-0.25, -0.2) is 4.99 Å². The Balaban J connectivity index is 1.18. The van der Waals surface area contributed by atoms with E-state index in [0.29, 0.717) is 23.8 Å². The summed E-state index contributed by atoms with van der Waals surface area (Å²) in [6.45, 7) is 14.1. The molecule has 2 aliphatic carbocycles. The van der Waals surface area contributed by atoms with Gasteiger partial charge < -0.3 is 25.8 Å². The number of aliphatic imine (C=N–C) groups is 1. The highest BCUT2D eigenvalue weighted by molar-refractivity contribution is 5.99. The van der Waals surface area contributed by atoms with Crippen molar-refractivity contribution in [1.29, 1.82) is 0 Å². The van der Waals surface area contributed by atoms with Gasteiger partial charge in [-0.3, -0.25) is 9.69 Å². The number of morpholine rings is 1. The van der Waals surface area contributed by atoms with E-state index in [2.05, 4.69) is 51.1 Å². The van der Waals surface area contributed by atoms with Crippen molar-refractivity contribution in [3.8, 4) is 0 Å². The summed E-state index contributed by atoms with van der Waals surface area (Å²) in [5, 5.41) is 12.8. The van der Waals surface area contributed by atoms with Crippen LogP contribution in [0.15, 0.2) is 46.7 Å². The van der Waals surface area contributed by atoms with E-state index >= 15 is 0 Å². The maximum absolute atomic E-state index is 13.1. The van der Waals surface area contributed by atoms with Crippen LogP contribution in [0.25, 0.3) is 5.57 Å². The quantitative estimate of drug-likeness (QED) is 0.242. The molecule has 2 heterocycles. The minimum atomic E-state index is -0.267. The van der Waals surface area contributed by atoms with E-state index in [9.17, 15) is 9.90 Å². The number of piperidine rings is 1. The molecule has 0 bridgehead atoms. The Morgan fingerprint density at radius 1 is 1.18 bits per heavy atom. The molecule has 5 rings (SSSR count). The summed E-state index contributed by atoms with van der Waals surface area (Å²) in [6.07, 6.45) is 6.99. The topological polar surface area (TPSA) is 103 Å². The van der Waals surface area contributed by atoms with E-state index in [-0.39, 0.29) is 23.9 Å². The van der Waals surface area contributed by atoms with Crippen molar-refractivity contribution in [1.82, 2.24) is 15.1 Å². The molecule has 4 N–H and O–H groups in total. The molecule has 8 nitrogen and oxygen atoms in total. The minimum absolute atomic E-state index is 0.0394. The Morgan fingerprint density at radius 3 is 2.56 bits per heavy atom. The summed E-state index contributed by atoms with van der Waals surface area (Å²) >= 11 is 0. The molecule has 1 aromatic carbocycles. The van der Waals surface area contributed by atoms with Crippen LogP contribution in [-0.2, 0) is 14.9 Å². The number of nitrogens with two attached hydrogens (primary N) is 1. The number of allylic oxidation sites excluding steroid dienone is 1. The number of carbonyl (C=O) groups excluding carboxylic acids is 1. The first-order valence-corrected chi connectivity index (χ1v) is 14.6. The van der Waals surface area contributed by atoms with Crippen molar-refractivity contribution in [2.24, 2.45) is 16.6 Å². The standard InChI is InChI=1S/C31H45N5O3/c1-22(18-28(29(32)33-2)30(38)34-26-8-10-27(37)11-9-26)23-4-6-24(7-5-23)31-19-25(31)20-36(21-31)13-3-12-35-14-16-39-17-15-35/h4-7,18,25-27,37H,2-3,8-17,19-21,32H2,1H3,(H,34,38)/b22-18+,29-28+/t25-,26-,27-,31+/m0/s1. The monoisotopic (exact) mass is 535 g/mol. The van der Waals surface area contributed by atoms with Gasteiger partial charge in [-0.2, -0.15) is 0 Å². The first-order valence-electron chi connectivity index (χ1n) is 14.6. The van der Waals surface area contributed by atoms with Crippen molar-refractivity contribution in [2.45, 2.75) is 63.0 Å². The van der Waals surface area contributed by atoms with Crippen LogP contribution in [0, 0.1) is 5.92 Å². The zero-order valence-corrected chi connectivity index (χ0v) is 23.4. The van der Waals surface area contributed by atoms with Gasteiger partial charge in [-0.15, -0.1) is 0 Å². The highest BCUT2D eigenvalue weighted by Gasteiger charge is 2.60. The number of hydrogen-bond donors (Lipinski definition) is 3. The van der Waals surface area contributed by atoms with Crippen molar-refractivity contribution in [2.75, 3.05) is 52.5 Å². The number of rotatable bonds is 10. The lowest BCUT2D eigenvalue weighted by atomic mass is 9.92. The van der Waals surface area contributed by atoms with Crippen LogP contribution in [0.1, 0.15) is 56.6 Å². The number of fused-ring (bicyclic) bond motifs is 1. The lowest BCUT2D eigenvalue weighted by Gasteiger charge is -2.28. The van der Waals surface area contributed by atoms with E-state index in [1.807, 2.05) is 13.0 Å². The number of likely N-dealkylation sites (tertiary alicyclic amines) is 1. The molecule has 2 aliphatic heterocycles. The van der Waals surface area contributed by atoms with Gasteiger partial charge in [0, 0.05) is 37.6 Å². The fraction of sp³-hybridized carbons (Fsp3) is 0.613. The van der Waals surface area contributed by atoms with Crippen molar-refractivity contribution >= 4 is 18.2 Å². The third-order valence-corrected chi connectivity index (χ3v) is 9.27. The molecule has 2 atom stereocenters. The molecule has 39 heavy (non-hydrogen) atoms. The van der Waals surface area contributed by atoms with Gasteiger partial charge in [0.1, 0.15) is 5.82 Å². The normalized spacial score (nSPS) is 30.4. The number of benzene rings is 1. The van der Waals surface area contributed by atoms with Gasteiger partial charge in [0.05, 0.1) is 24.9 Å². The van der Waals surface area contributed by atoms with Gasteiger partial charge in [0.25, 0.3) is 5.91 Å². The van der Waals surface area contributed by atoms with Crippen LogP contribution in [0.2, 0.25) is 0 Å². The van der Waals surface area contributed by atoms with E-state index < -0.39 is 0 Å². The number of amides is 1. The fourth-order valence-corrected chi connectivity index (χ4v) is 6.74. The van der Waals surface area contributed by atoms with Crippen LogP contribution in [0.3, 0.4) is 0 Å². The number of carbonyl (C=O) groups is 1. The van der Waals surface area contributed by atoms with Gasteiger partial charge >= 0.3 is 0 Å². The highest BCUT2D eigenvalue weighted by Crippen LogP contribution is 2.59. The molecule has 8 heteroatoms. The zero-order chi connectivity index (χ0) is 27.4. The molecule has 0 spiro atoms. The smallest absolute Gasteiger partial charge is 0.255 e. The Morgan fingerprint density at radius 2 is 1.87 bits per heavy atom. The lowest BCUT2D eigenvalue weighted by Crippen LogP contribution is -2.39. The summed E-state index contributed by atoms with van der Waals surface area (Å²) in [5.41, 5.74) is 10.2. The second-order valence-electron chi connectivity index (χ2n) is 11.9. The number of aliphatic hydroxyl groups is 1. The number of hydrogen-bond acceptors (Lipinski definition) is 7. The van der Waals surface area contributed by atoms with Crippen molar-refractivity contribution in [3.63, 3.8) is 0 Å². The lowest BCUT2D eigenvalue weighted by molar-refractivity contribution is -0.118. The Kier molecular flexibility index (Phi) is 8.86. The van der Waals surface area contributed by atoms with Gasteiger partial charge in [-0.1, -0.05) is 24.3 Å². The second-order valence-corrected chi connectivity index (χ2v) is 11.9. The Labute approximate surface area is 233 Å². The molecule has 0 unspecified atom stereocenters.